The van der Waals surface area contributed by atoms with Gasteiger partial charge in [0, 0.05) is 28.1 Å². The van der Waals surface area contributed by atoms with Crippen LogP contribution in [0.3, 0.4) is 0 Å². The van der Waals surface area contributed by atoms with Gasteiger partial charge in [-0.3, -0.25) is 0 Å². The Morgan fingerprint density at radius 3 is 2.81 bits per heavy atom. The third-order valence-corrected chi connectivity index (χ3v) is 4.38. The molecule has 5 heteroatoms. The van der Waals surface area contributed by atoms with Crippen LogP contribution in [-0.4, -0.2) is 7.11 Å². The van der Waals surface area contributed by atoms with Gasteiger partial charge >= 0.3 is 0 Å². The summed E-state index contributed by atoms with van der Waals surface area (Å²) in [7, 11) is 1.62. The van der Waals surface area contributed by atoms with Gasteiger partial charge in [0.25, 0.3) is 0 Å². The van der Waals surface area contributed by atoms with Gasteiger partial charge in [0.1, 0.15) is 23.4 Å². The maximum atomic E-state index is 13.3. The highest BCUT2D eigenvalue weighted by molar-refractivity contribution is 9.10. The fourth-order valence-corrected chi connectivity index (χ4v) is 3.06. The van der Waals surface area contributed by atoms with Crippen molar-refractivity contribution in [2.75, 3.05) is 7.11 Å². The Hall–Kier alpha value is -1.59. The summed E-state index contributed by atoms with van der Waals surface area (Å²) in [4.78, 5) is 0. The molecule has 1 heterocycles. The van der Waals surface area contributed by atoms with E-state index in [1.807, 2.05) is 18.2 Å². The molecule has 0 spiro atoms. The first kappa shape index (κ1) is 14.4. The van der Waals surface area contributed by atoms with Crippen LogP contribution in [0, 0.1) is 5.82 Å². The van der Waals surface area contributed by atoms with Crippen molar-refractivity contribution in [3.8, 4) is 11.5 Å². The quantitative estimate of drug-likeness (QED) is 0.884. The third-order valence-electron chi connectivity index (χ3n) is 3.66. The monoisotopic (exact) mass is 351 g/mol. The molecule has 1 aliphatic rings. The van der Waals surface area contributed by atoms with Crippen LogP contribution in [0.5, 0.6) is 11.5 Å². The zero-order valence-corrected chi connectivity index (χ0v) is 13.1. The zero-order valence-electron chi connectivity index (χ0n) is 11.5. The van der Waals surface area contributed by atoms with Gasteiger partial charge in [0.05, 0.1) is 7.11 Å². The number of benzene rings is 2. The molecule has 0 aliphatic carbocycles. The Labute approximate surface area is 131 Å². The molecule has 2 N–H and O–H groups in total. The second-order valence-electron chi connectivity index (χ2n) is 5.02. The number of halogens is 2. The van der Waals surface area contributed by atoms with Gasteiger partial charge in [-0.15, -0.1) is 0 Å². The summed E-state index contributed by atoms with van der Waals surface area (Å²) in [5.74, 6) is 1.10. The van der Waals surface area contributed by atoms with E-state index in [2.05, 4.69) is 15.9 Å². The fraction of sp³-hybridized carbons (Fsp3) is 0.250. The molecule has 0 saturated carbocycles. The smallest absolute Gasteiger partial charge is 0.127 e. The molecule has 2 aromatic rings. The van der Waals surface area contributed by atoms with E-state index in [-0.39, 0.29) is 18.0 Å². The minimum Gasteiger partial charge on any atom is -0.497 e. The lowest BCUT2D eigenvalue weighted by molar-refractivity contribution is 0.160. The number of fused-ring (bicyclic) bond motifs is 1. The van der Waals surface area contributed by atoms with Gasteiger partial charge in [-0.1, -0.05) is 15.9 Å². The predicted molar refractivity (Wildman–Crippen MR) is 82.0 cm³/mol. The summed E-state index contributed by atoms with van der Waals surface area (Å²) in [6.45, 7) is 0. The Morgan fingerprint density at radius 1 is 1.24 bits per heavy atom. The van der Waals surface area contributed by atoms with Crippen molar-refractivity contribution in [2.45, 2.75) is 18.6 Å². The van der Waals surface area contributed by atoms with Gasteiger partial charge in [0.2, 0.25) is 0 Å². The van der Waals surface area contributed by atoms with Crippen molar-refractivity contribution in [1.82, 2.24) is 0 Å². The number of ether oxygens (including phenoxy) is 2. The number of methoxy groups -OCH3 is 1. The Balaban J connectivity index is 1.97. The number of hydrogen-bond donors (Lipinski definition) is 1. The van der Waals surface area contributed by atoms with Crippen LogP contribution in [0.4, 0.5) is 4.39 Å². The molecule has 0 aromatic heterocycles. The molecule has 110 valence electrons. The fourth-order valence-electron chi connectivity index (χ4n) is 2.56. The Kier molecular flexibility index (Phi) is 3.87. The minimum atomic E-state index is -0.297. The lowest BCUT2D eigenvalue weighted by atomic mass is 9.93. The van der Waals surface area contributed by atoms with E-state index >= 15 is 0 Å². The minimum absolute atomic E-state index is 0.192. The maximum absolute atomic E-state index is 13.3. The molecule has 0 saturated heterocycles. The summed E-state index contributed by atoms with van der Waals surface area (Å²) in [5.41, 5.74) is 7.86. The summed E-state index contributed by atoms with van der Waals surface area (Å²) in [6.07, 6.45) is 0.393. The summed E-state index contributed by atoms with van der Waals surface area (Å²) in [6, 6.07) is 9.92. The largest absolute Gasteiger partial charge is 0.497 e. The van der Waals surface area contributed by atoms with E-state index in [0.717, 1.165) is 15.8 Å². The third kappa shape index (κ3) is 2.76. The summed E-state index contributed by atoms with van der Waals surface area (Å²) >= 11 is 3.53. The molecule has 3 rings (SSSR count). The standard InChI is InChI=1S/C16H15BrFNO2/c1-20-10-3-4-13(17)11(7-10)16-8-14(19)12-6-9(18)2-5-15(12)21-16/h2-7,14,16H,8,19H2,1H3/t14-,16?/m0/s1. The zero-order chi connectivity index (χ0) is 15.0. The van der Waals surface area contributed by atoms with E-state index in [9.17, 15) is 4.39 Å². The van der Waals surface area contributed by atoms with Gasteiger partial charge < -0.3 is 15.2 Å². The van der Waals surface area contributed by atoms with E-state index < -0.39 is 0 Å². The van der Waals surface area contributed by atoms with Crippen molar-refractivity contribution < 1.29 is 13.9 Å². The summed E-state index contributed by atoms with van der Waals surface area (Å²) < 4.78 is 25.5. The molecule has 1 aliphatic heterocycles. The number of hydrogen-bond acceptors (Lipinski definition) is 3. The molecule has 3 nitrogen and oxygen atoms in total. The van der Waals surface area contributed by atoms with Crippen LogP contribution in [-0.2, 0) is 0 Å². The van der Waals surface area contributed by atoms with Gasteiger partial charge in [-0.2, -0.15) is 0 Å². The first-order valence-electron chi connectivity index (χ1n) is 6.63. The van der Waals surface area contributed by atoms with Gasteiger partial charge in [-0.25, -0.2) is 4.39 Å². The highest BCUT2D eigenvalue weighted by Gasteiger charge is 2.28. The first-order valence-corrected chi connectivity index (χ1v) is 7.43. The lowest BCUT2D eigenvalue weighted by Gasteiger charge is -2.31. The second kappa shape index (κ2) is 5.66. The maximum Gasteiger partial charge on any atom is 0.127 e. The van der Waals surface area contributed by atoms with Crippen molar-refractivity contribution in [1.29, 1.82) is 0 Å². The Bertz CT molecular complexity index is 677. The van der Waals surface area contributed by atoms with Crippen molar-refractivity contribution >= 4 is 15.9 Å². The molecule has 0 amide bonds. The predicted octanol–water partition coefficient (Wildman–Crippen LogP) is 4.12. The number of nitrogens with two attached hydrogens (primary N) is 1. The average Bonchev–Trinajstić information content (AvgIpc) is 2.48. The van der Waals surface area contributed by atoms with E-state index in [1.165, 1.54) is 12.1 Å². The molecule has 0 bridgehead atoms. The van der Waals surface area contributed by atoms with Crippen LogP contribution in [0.1, 0.15) is 29.7 Å². The molecule has 2 atom stereocenters. The normalized spacial score (nSPS) is 20.6. The van der Waals surface area contributed by atoms with E-state index in [4.69, 9.17) is 15.2 Å². The molecule has 0 radical (unpaired) electrons. The average molecular weight is 352 g/mol. The van der Waals surface area contributed by atoms with Gasteiger partial charge in [0.15, 0.2) is 0 Å². The highest BCUT2D eigenvalue weighted by Crippen LogP contribution is 2.42. The molecular formula is C16H15BrFNO2. The number of rotatable bonds is 2. The SMILES string of the molecule is COc1ccc(Br)c(C2C[C@H](N)c3cc(F)ccc3O2)c1. The molecular weight excluding hydrogens is 337 g/mol. The molecule has 1 unspecified atom stereocenters. The molecule has 2 aromatic carbocycles. The van der Waals surface area contributed by atoms with E-state index in [0.29, 0.717) is 17.7 Å². The van der Waals surface area contributed by atoms with Crippen LogP contribution in [0.15, 0.2) is 40.9 Å². The van der Waals surface area contributed by atoms with Crippen LogP contribution in [0.2, 0.25) is 0 Å². The van der Waals surface area contributed by atoms with Crippen molar-refractivity contribution in [3.63, 3.8) is 0 Å². The van der Waals surface area contributed by atoms with Crippen LogP contribution < -0.4 is 15.2 Å². The first-order chi connectivity index (χ1) is 10.1. The van der Waals surface area contributed by atoms with E-state index in [1.54, 1.807) is 13.2 Å². The Morgan fingerprint density at radius 2 is 2.05 bits per heavy atom. The van der Waals surface area contributed by atoms with Crippen LogP contribution in [0.25, 0.3) is 0 Å². The molecule has 21 heavy (non-hydrogen) atoms. The topological polar surface area (TPSA) is 44.5 Å². The van der Waals surface area contributed by atoms with Crippen LogP contribution >= 0.6 is 15.9 Å². The second-order valence-corrected chi connectivity index (χ2v) is 5.87. The van der Waals surface area contributed by atoms with Crippen molar-refractivity contribution in [2.24, 2.45) is 5.73 Å². The van der Waals surface area contributed by atoms with Crippen molar-refractivity contribution in [3.05, 3.63) is 57.8 Å². The lowest BCUT2D eigenvalue weighted by Crippen LogP contribution is -2.24. The molecule has 0 fully saturated rings. The highest BCUT2D eigenvalue weighted by atomic mass is 79.9. The van der Waals surface area contributed by atoms with Gasteiger partial charge in [-0.05, 0) is 36.4 Å². The summed E-state index contributed by atoms with van der Waals surface area (Å²) in [5, 5.41) is 0.